The molecule has 0 atom stereocenters. The number of carbonyl (C=O) groups is 2. The summed E-state index contributed by atoms with van der Waals surface area (Å²) in [5, 5.41) is 3.05. The Morgan fingerprint density at radius 3 is 2.57 bits per heavy atom. The minimum Gasteiger partial charge on any atom is -0.444 e. The van der Waals surface area contributed by atoms with Crippen LogP contribution in [-0.2, 0) is 4.74 Å². The molecule has 1 aliphatic rings. The quantitative estimate of drug-likeness (QED) is 0.611. The van der Waals surface area contributed by atoms with Gasteiger partial charge in [-0.15, -0.1) is 11.3 Å². The number of aromatic nitrogens is 1. The number of aromatic amines is 1. The van der Waals surface area contributed by atoms with Crippen LogP contribution in [0.25, 0.3) is 21.3 Å². The summed E-state index contributed by atoms with van der Waals surface area (Å²) >= 11 is 1.64. The second-order valence-electron chi connectivity index (χ2n) is 8.77. The molecule has 6 nitrogen and oxygen atoms in total. The van der Waals surface area contributed by atoms with E-state index in [2.05, 4.69) is 11.1 Å². The van der Waals surface area contributed by atoms with Crippen molar-refractivity contribution in [1.29, 1.82) is 0 Å². The Hall–Kier alpha value is -2.80. The third kappa shape index (κ3) is 4.07. The van der Waals surface area contributed by atoms with Gasteiger partial charge < -0.3 is 20.4 Å². The number of ether oxygens (including phenoxy) is 1. The van der Waals surface area contributed by atoms with Crippen LogP contribution in [0.3, 0.4) is 0 Å². The number of benzene rings is 1. The molecule has 0 radical (unpaired) electrons. The van der Waals surface area contributed by atoms with E-state index in [0.717, 1.165) is 34.2 Å². The van der Waals surface area contributed by atoms with Gasteiger partial charge in [0.05, 0.1) is 11.1 Å². The average Bonchev–Trinajstić information content (AvgIpc) is 3.36. The Bertz CT molecular complexity index is 1070. The number of primary amides is 1. The molecule has 3 N–H and O–H groups in total. The van der Waals surface area contributed by atoms with Crippen LogP contribution in [0.5, 0.6) is 0 Å². The summed E-state index contributed by atoms with van der Waals surface area (Å²) in [7, 11) is 0. The number of hydrogen-bond donors (Lipinski definition) is 2. The third-order valence-corrected chi connectivity index (χ3v) is 6.40. The van der Waals surface area contributed by atoms with Gasteiger partial charge >= 0.3 is 6.09 Å². The first-order chi connectivity index (χ1) is 14.2. The maximum absolute atomic E-state index is 12.4. The van der Waals surface area contributed by atoms with Gasteiger partial charge in [0.15, 0.2) is 0 Å². The molecule has 1 aromatic carbocycles. The van der Waals surface area contributed by atoms with Crippen LogP contribution in [0.2, 0.25) is 0 Å². The summed E-state index contributed by atoms with van der Waals surface area (Å²) in [6.45, 7) is 6.94. The van der Waals surface area contributed by atoms with E-state index in [9.17, 15) is 9.59 Å². The standard InChI is InChI=1S/C23H27N3O3S/c1-23(2,3)29-22(28)26-8-6-14(7-9-26)18-13-25-20-16(18)11-15(12-17(20)21(24)27)19-5-4-10-30-19/h4-5,10-14,25H,6-9H2,1-3H3,(H2,24,27). The molecule has 1 aliphatic heterocycles. The molecule has 3 heterocycles. The number of nitrogens with zero attached hydrogens (tertiary/aromatic N) is 1. The number of nitrogens with one attached hydrogen (secondary N) is 1. The van der Waals surface area contributed by atoms with E-state index in [4.69, 9.17) is 10.5 Å². The van der Waals surface area contributed by atoms with Gasteiger partial charge in [-0.3, -0.25) is 4.79 Å². The molecule has 1 saturated heterocycles. The van der Waals surface area contributed by atoms with Gasteiger partial charge in [-0.2, -0.15) is 0 Å². The van der Waals surface area contributed by atoms with Crippen LogP contribution < -0.4 is 5.73 Å². The molecule has 7 heteroatoms. The van der Waals surface area contributed by atoms with Crippen LogP contribution in [0.1, 0.15) is 55.5 Å². The van der Waals surface area contributed by atoms with Gasteiger partial charge in [0.25, 0.3) is 5.91 Å². The number of rotatable bonds is 3. The van der Waals surface area contributed by atoms with Crippen molar-refractivity contribution >= 4 is 34.2 Å². The molecule has 158 valence electrons. The summed E-state index contributed by atoms with van der Waals surface area (Å²) in [4.78, 5) is 30.6. The van der Waals surface area contributed by atoms with Crippen LogP contribution in [0.15, 0.2) is 35.8 Å². The molecule has 0 aliphatic carbocycles. The second kappa shape index (κ2) is 7.80. The van der Waals surface area contributed by atoms with Gasteiger partial charge in [-0.1, -0.05) is 6.07 Å². The van der Waals surface area contributed by atoms with Gasteiger partial charge in [0.1, 0.15) is 5.60 Å². The molecule has 30 heavy (non-hydrogen) atoms. The van der Waals surface area contributed by atoms with Crippen LogP contribution >= 0.6 is 11.3 Å². The SMILES string of the molecule is CC(C)(C)OC(=O)N1CCC(c2c[nH]c3c(C(N)=O)cc(-c4cccs4)cc23)CC1. The highest BCUT2D eigenvalue weighted by molar-refractivity contribution is 7.13. The lowest BCUT2D eigenvalue weighted by molar-refractivity contribution is 0.0205. The number of nitrogens with two attached hydrogens (primary N) is 1. The molecule has 2 amide bonds. The Morgan fingerprint density at radius 1 is 1.23 bits per heavy atom. The van der Waals surface area contributed by atoms with Gasteiger partial charge in [0.2, 0.25) is 0 Å². The number of piperidine rings is 1. The zero-order chi connectivity index (χ0) is 21.5. The highest BCUT2D eigenvalue weighted by Crippen LogP contribution is 2.37. The number of carbonyl (C=O) groups excluding carboxylic acids is 2. The smallest absolute Gasteiger partial charge is 0.410 e. The fraction of sp³-hybridized carbons (Fsp3) is 0.391. The lowest BCUT2D eigenvalue weighted by Crippen LogP contribution is -2.41. The molecule has 2 aromatic heterocycles. The first-order valence-electron chi connectivity index (χ1n) is 10.2. The van der Waals surface area contributed by atoms with E-state index in [1.165, 1.54) is 5.56 Å². The number of thiophene rings is 1. The van der Waals surface area contributed by atoms with Crippen molar-refractivity contribution in [3.05, 3.63) is 47.0 Å². The van der Waals surface area contributed by atoms with Crippen LogP contribution in [-0.4, -0.2) is 40.6 Å². The summed E-state index contributed by atoms with van der Waals surface area (Å²) < 4.78 is 5.50. The Balaban J connectivity index is 1.61. The lowest BCUT2D eigenvalue weighted by atomic mass is 9.88. The van der Waals surface area contributed by atoms with Crippen LogP contribution in [0, 0.1) is 0 Å². The molecule has 0 spiro atoms. The first kappa shape index (κ1) is 20.5. The third-order valence-electron chi connectivity index (χ3n) is 5.48. The van der Waals surface area contributed by atoms with Crippen molar-refractivity contribution in [2.45, 2.75) is 45.1 Å². The van der Waals surface area contributed by atoms with E-state index in [1.54, 1.807) is 16.2 Å². The van der Waals surface area contributed by atoms with E-state index >= 15 is 0 Å². The number of hydrogen-bond acceptors (Lipinski definition) is 4. The van der Waals surface area contributed by atoms with E-state index in [1.807, 2.05) is 50.5 Å². The van der Waals surface area contributed by atoms with Gasteiger partial charge in [-0.05, 0) is 74.2 Å². The summed E-state index contributed by atoms with van der Waals surface area (Å²) in [6, 6.07) is 8.04. The maximum Gasteiger partial charge on any atom is 0.410 e. The van der Waals surface area contributed by atoms with E-state index in [-0.39, 0.29) is 6.09 Å². The van der Waals surface area contributed by atoms with Crippen molar-refractivity contribution in [1.82, 2.24) is 9.88 Å². The van der Waals surface area contributed by atoms with Crippen molar-refractivity contribution in [3.8, 4) is 10.4 Å². The predicted molar refractivity (Wildman–Crippen MR) is 120 cm³/mol. The molecule has 0 saturated carbocycles. The minimum absolute atomic E-state index is 0.254. The van der Waals surface area contributed by atoms with Gasteiger partial charge in [-0.25, -0.2) is 4.79 Å². The molecular formula is C23H27N3O3S. The number of fused-ring (bicyclic) bond motifs is 1. The second-order valence-corrected chi connectivity index (χ2v) is 9.72. The zero-order valence-electron chi connectivity index (χ0n) is 17.5. The molecule has 3 aromatic rings. The number of likely N-dealkylation sites (tertiary alicyclic amines) is 1. The first-order valence-corrected chi connectivity index (χ1v) is 11.1. The molecule has 4 rings (SSSR count). The normalized spacial score (nSPS) is 15.5. The summed E-state index contributed by atoms with van der Waals surface area (Å²) in [6.07, 6.45) is 3.43. The average molecular weight is 426 g/mol. The van der Waals surface area contributed by atoms with E-state index in [0.29, 0.717) is 24.6 Å². The number of amides is 2. The Labute approximate surface area is 180 Å². The predicted octanol–water partition coefficient (Wildman–Crippen LogP) is 5.11. The minimum atomic E-state index is -0.492. The maximum atomic E-state index is 12.4. The van der Waals surface area contributed by atoms with Crippen molar-refractivity contribution in [2.24, 2.45) is 5.73 Å². The van der Waals surface area contributed by atoms with Crippen molar-refractivity contribution in [3.63, 3.8) is 0 Å². The lowest BCUT2D eigenvalue weighted by Gasteiger charge is -2.33. The largest absolute Gasteiger partial charge is 0.444 e. The van der Waals surface area contributed by atoms with Gasteiger partial charge in [0, 0.05) is 29.5 Å². The molecule has 0 unspecified atom stereocenters. The monoisotopic (exact) mass is 425 g/mol. The molecule has 0 bridgehead atoms. The molecular weight excluding hydrogens is 398 g/mol. The highest BCUT2D eigenvalue weighted by atomic mass is 32.1. The van der Waals surface area contributed by atoms with Crippen molar-refractivity contribution in [2.75, 3.05) is 13.1 Å². The fourth-order valence-corrected chi connectivity index (χ4v) is 4.78. The summed E-state index contributed by atoms with van der Waals surface area (Å²) in [5.74, 6) is -0.136. The van der Waals surface area contributed by atoms with Crippen LogP contribution in [0.4, 0.5) is 4.79 Å². The fourth-order valence-electron chi connectivity index (χ4n) is 4.07. The zero-order valence-corrected chi connectivity index (χ0v) is 18.3. The number of H-pyrrole nitrogens is 1. The van der Waals surface area contributed by atoms with E-state index < -0.39 is 11.5 Å². The Morgan fingerprint density at radius 2 is 1.97 bits per heavy atom. The Kier molecular flexibility index (Phi) is 5.32. The summed E-state index contributed by atoms with van der Waals surface area (Å²) in [5.41, 5.74) is 8.65. The molecule has 1 fully saturated rings. The highest BCUT2D eigenvalue weighted by Gasteiger charge is 2.29. The van der Waals surface area contributed by atoms with Crippen molar-refractivity contribution < 1.29 is 14.3 Å². The topological polar surface area (TPSA) is 88.4 Å².